The van der Waals surface area contributed by atoms with Crippen LogP contribution in [0.3, 0.4) is 0 Å². The van der Waals surface area contributed by atoms with Gasteiger partial charge in [0.1, 0.15) is 5.69 Å². The van der Waals surface area contributed by atoms with E-state index in [0.717, 1.165) is 37.2 Å². The molecule has 0 spiro atoms. The Morgan fingerprint density at radius 1 is 1.14 bits per heavy atom. The van der Waals surface area contributed by atoms with Gasteiger partial charge >= 0.3 is 6.18 Å². The maximum Gasteiger partial charge on any atom is 0.416 e. The molecule has 1 atom stereocenters. The van der Waals surface area contributed by atoms with Gasteiger partial charge in [-0.05, 0) is 31.0 Å². The van der Waals surface area contributed by atoms with Crippen molar-refractivity contribution in [2.24, 2.45) is 0 Å². The SMILES string of the molecule is O=C(NC1CCCN(c2ccnc3cc(C(F)(F)F)ccc23)C1)c1cnccn1. The van der Waals surface area contributed by atoms with E-state index in [1.807, 2.05) is 0 Å². The maximum absolute atomic E-state index is 13.0. The van der Waals surface area contributed by atoms with E-state index in [1.54, 1.807) is 6.07 Å². The van der Waals surface area contributed by atoms with Crippen molar-refractivity contribution in [3.63, 3.8) is 0 Å². The number of aromatic nitrogens is 3. The quantitative estimate of drug-likeness (QED) is 0.728. The molecule has 3 aromatic rings. The minimum atomic E-state index is -4.41. The fourth-order valence-electron chi connectivity index (χ4n) is 3.57. The molecule has 3 heterocycles. The zero-order chi connectivity index (χ0) is 20.4. The summed E-state index contributed by atoms with van der Waals surface area (Å²) in [5.74, 6) is -0.292. The summed E-state index contributed by atoms with van der Waals surface area (Å²) in [7, 11) is 0. The van der Waals surface area contributed by atoms with Gasteiger partial charge in [-0.15, -0.1) is 0 Å². The number of amides is 1. The highest BCUT2D eigenvalue weighted by molar-refractivity contribution is 5.93. The van der Waals surface area contributed by atoms with Crippen LogP contribution in [0.5, 0.6) is 0 Å². The van der Waals surface area contributed by atoms with Crippen molar-refractivity contribution in [2.75, 3.05) is 18.0 Å². The van der Waals surface area contributed by atoms with E-state index in [4.69, 9.17) is 0 Å². The molecule has 1 saturated heterocycles. The second kappa shape index (κ2) is 7.65. The molecule has 0 aliphatic carbocycles. The number of carbonyl (C=O) groups excluding carboxylic acids is 1. The van der Waals surface area contributed by atoms with Crippen molar-refractivity contribution in [3.8, 4) is 0 Å². The average molecular weight is 401 g/mol. The number of benzene rings is 1. The summed E-state index contributed by atoms with van der Waals surface area (Å²) < 4.78 is 39.0. The Balaban J connectivity index is 1.55. The van der Waals surface area contributed by atoms with Crippen molar-refractivity contribution < 1.29 is 18.0 Å². The Labute approximate surface area is 164 Å². The van der Waals surface area contributed by atoms with E-state index in [2.05, 4.69) is 25.2 Å². The molecular formula is C20H18F3N5O. The Bertz CT molecular complexity index is 1030. The molecular weight excluding hydrogens is 383 g/mol. The number of anilines is 1. The largest absolute Gasteiger partial charge is 0.416 e. The smallest absolute Gasteiger partial charge is 0.369 e. The lowest BCUT2D eigenvalue weighted by Crippen LogP contribution is -2.48. The first-order valence-corrected chi connectivity index (χ1v) is 9.19. The van der Waals surface area contributed by atoms with Crippen molar-refractivity contribution in [3.05, 3.63) is 60.3 Å². The molecule has 2 aromatic heterocycles. The summed E-state index contributed by atoms with van der Waals surface area (Å²) in [6, 6.07) is 5.29. The van der Waals surface area contributed by atoms with E-state index >= 15 is 0 Å². The lowest BCUT2D eigenvalue weighted by Gasteiger charge is -2.35. The molecule has 4 rings (SSSR count). The third-order valence-electron chi connectivity index (χ3n) is 4.94. The predicted octanol–water partition coefficient (Wildman–Crippen LogP) is 3.44. The molecule has 9 heteroatoms. The highest BCUT2D eigenvalue weighted by Crippen LogP contribution is 2.34. The number of nitrogens with zero attached hydrogens (tertiary/aromatic N) is 4. The van der Waals surface area contributed by atoms with Crippen molar-refractivity contribution in [2.45, 2.75) is 25.1 Å². The summed E-state index contributed by atoms with van der Waals surface area (Å²) in [6.45, 7) is 1.30. The minimum Gasteiger partial charge on any atom is -0.369 e. The first kappa shape index (κ1) is 19.1. The minimum absolute atomic E-state index is 0.101. The van der Waals surface area contributed by atoms with Gasteiger partial charge in [-0.2, -0.15) is 13.2 Å². The number of alkyl halides is 3. The van der Waals surface area contributed by atoms with Crippen LogP contribution in [0.4, 0.5) is 18.9 Å². The van der Waals surface area contributed by atoms with Crippen molar-refractivity contribution in [1.82, 2.24) is 20.3 Å². The topological polar surface area (TPSA) is 71.0 Å². The Morgan fingerprint density at radius 3 is 2.76 bits per heavy atom. The summed E-state index contributed by atoms with van der Waals surface area (Å²) >= 11 is 0. The third kappa shape index (κ3) is 4.13. The number of carbonyl (C=O) groups is 1. The molecule has 1 unspecified atom stereocenters. The number of rotatable bonds is 3. The zero-order valence-electron chi connectivity index (χ0n) is 15.4. The van der Waals surface area contributed by atoms with Gasteiger partial charge in [-0.25, -0.2) is 4.98 Å². The number of nitrogens with one attached hydrogen (secondary N) is 1. The summed E-state index contributed by atoms with van der Waals surface area (Å²) in [6.07, 6.45) is 3.12. The van der Waals surface area contributed by atoms with Gasteiger partial charge in [0.2, 0.25) is 0 Å². The molecule has 150 valence electrons. The van der Waals surface area contributed by atoms with Gasteiger partial charge in [0.05, 0.1) is 17.3 Å². The monoisotopic (exact) mass is 401 g/mol. The summed E-state index contributed by atoms with van der Waals surface area (Å²) in [4.78, 5) is 26.4. The molecule has 0 bridgehead atoms. The molecule has 1 N–H and O–H groups in total. The molecule has 6 nitrogen and oxygen atoms in total. The van der Waals surface area contributed by atoms with Gasteiger partial charge < -0.3 is 10.2 Å². The Morgan fingerprint density at radius 2 is 2.00 bits per heavy atom. The number of pyridine rings is 1. The second-order valence-corrected chi connectivity index (χ2v) is 6.91. The lowest BCUT2D eigenvalue weighted by molar-refractivity contribution is -0.137. The van der Waals surface area contributed by atoms with Crippen LogP contribution in [0.15, 0.2) is 49.1 Å². The van der Waals surface area contributed by atoms with Crippen LogP contribution in [0, 0.1) is 0 Å². The van der Waals surface area contributed by atoms with Crippen LogP contribution >= 0.6 is 0 Å². The fraction of sp³-hybridized carbons (Fsp3) is 0.300. The molecule has 0 radical (unpaired) electrons. The van der Waals surface area contributed by atoms with Crippen LogP contribution < -0.4 is 10.2 Å². The van der Waals surface area contributed by atoms with E-state index in [-0.39, 0.29) is 17.6 Å². The zero-order valence-corrected chi connectivity index (χ0v) is 15.4. The van der Waals surface area contributed by atoms with Crippen LogP contribution in [0.2, 0.25) is 0 Å². The first-order valence-electron chi connectivity index (χ1n) is 9.19. The molecule has 1 aromatic carbocycles. The fourth-order valence-corrected chi connectivity index (χ4v) is 3.57. The van der Waals surface area contributed by atoms with Gasteiger partial charge in [0.15, 0.2) is 0 Å². The first-order chi connectivity index (χ1) is 13.9. The van der Waals surface area contributed by atoms with Crippen LogP contribution in [0.25, 0.3) is 10.9 Å². The lowest BCUT2D eigenvalue weighted by atomic mass is 10.0. The second-order valence-electron chi connectivity index (χ2n) is 6.91. The molecule has 29 heavy (non-hydrogen) atoms. The Hall–Kier alpha value is -3.23. The molecule has 0 saturated carbocycles. The van der Waals surface area contributed by atoms with Gasteiger partial charge in [-0.3, -0.25) is 14.8 Å². The number of hydrogen-bond donors (Lipinski definition) is 1. The van der Waals surface area contributed by atoms with Gasteiger partial charge in [-0.1, -0.05) is 6.07 Å². The van der Waals surface area contributed by atoms with Crippen molar-refractivity contribution in [1.29, 1.82) is 0 Å². The summed E-state index contributed by atoms with van der Waals surface area (Å²) in [5, 5.41) is 3.62. The number of hydrogen-bond acceptors (Lipinski definition) is 5. The predicted molar refractivity (Wildman–Crippen MR) is 101 cm³/mol. The van der Waals surface area contributed by atoms with Crippen LogP contribution in [-0.4, -0.2) is 40.0 Å². The molecule has 1 aliphatic heterocycles. The highest BCUT2D eigenvalue weighted by Gasteiger charge is 2.31. The standard InChI is InChI=1S/C20H18F3N5O/c21-20(22,23)13-3-4-15-16(10-13)25-6-5-18(15)28-9-1-2-14(12-28)27-19(29)17-11-24-7-8-26-17/h3-8,10-11,14H,1-2,9,12H2,(H,27,29). The van der Waals surface area contributed by atoms with Gasteiger partial charge in [0, 0.05) is 48.8 Å². The molecule has 1 amide bonds. The number of piperidine rings is 1. The van der Waals surface area contributed by atoms with E-state index in [9.17, 15) is 18.0 Å². The van der Waals surface area contributed by atoms with Gasteiger partial charge in [0.25, 0.3) is 5.91 Å². The third-order valence-corrected chi connectivity index (χ3v) is 4.94. The van der Waals surface area contributed by atoms with E-state index < -0.39 is 11.7 Å². The van der Waals surface area contributed by atoms with E-state index in [1.165, 1.54) is 30.9 Å². The van der Waals surface area contributed by atoms with Crippen LogP contribution in [0.1, 0.15) is 28.9 Å². The Kier molecular flexibility index (Phi) is 5.04. The van der Waals surface area contributed by atoms with E-state index in [0.29, 0.717) is 17.4 Å². The van der Waals surface area contributed by atoms with Crippen molar-refractivity contribution >= 4 is 22.5 Å². The molecule has 1 aliphatic rings. The number of halogens is 3. The number of fused-ring (bicyclic) bond motifs is 1. The normalized spacial score (nSPS) is 17.3. The maximum atomic E-state index is 13.0. The highest BCUT2D eigenvalue weighted by atomic mass is 19.4. The average Bonchev–Trinajstić information content (AvgIpc) is 2.73. The van der Waals surface area contributed by atoms with Crippen LogP contribution in [-0.2, 0) is 6.18 Å². The molecule has 1 fully saturated rings. The summed E-state index contributed by atoms with van der Waals surface area (Å²) in [5.41, 5.74) is 0.631.